The summed E-state index contributed by atoms with van der Waals surface area (Å²) in [5.41, 5.74) is -2.61. The van der Waals surface area contributed by atoms with E-state index in [4.69, 9.17) is 5.11 Å². The smallest absolute Gasteiger partial charge is 0.417 e. The zero-order valence-corrected chi connectivity index (χ0v) is 12.2. The fourth-order valence-electron chi connectivity index (χ4n) is 1.91. The summed E-state index contributed by atoms with van der Waals surface area (Å²) in [5.74, 6) is -1.97. The number of alkyl halides is 3. The molecule has 2 rings (SSSR count). The Hall–Kier alpha value is -1.57. The Morgan fingerprint density at radius 1 is 1.33 bits per heavy atom. The molecule has 1 fully saturated rings. The maximum atomic E-state index is 12.9. The van der Waals surface area contributed by atoms with E-state index >= 15 is 0 Å². The number of carboxylic acid groups (broad SMARTS) is 1. The molecule has 0 radical (unpaired) electrons. The molecule has 0 atom stereocenters. The van der Waals surface area contributed by atoms with E-state index in [0.717, 1.165) is 12.1 Å². The number of rotatable bonds is 4. The van der Waals surface area contributed by atoms with Gasteiger partial charge in [0.25, 0.3) is 5.91 Å². The third kappa shape index (κ3) is 3.37. The summed E-state index contributed by atoms with van der Waals surface area (Å²) in [6.07, 6.45) is -3.84. The molecular weight excluding hydrogens is 355 g/mol. The van der Waals surface area contributed by atoms with Gasteiger partial charge in [0.05, 0.1) is 16.5 Å². The van der Waals surface area contributed by atoms with Crippen LogP contribution < -0.4 is 5.32 Å². The lowest BCUT2D eigenvalue weighted by Gasteiger charge is -2.15. The summed E-state index contributed by atoms with van der Waals surface area (Å²) in [7, 11) is 0. The van der Waals surface area contributed by atoms with Gasteiger partial charge in [-0.15, -0.1) is 0 Å². The number of hydrogen-bond donors (Lipinski definition) is 2. The van der Waals surface area contributed by atoms with Gasteiger partial charge in [0.2, 0.25) is 0 Å². The van der Waals surface area contributed by atoms with Gasteiger partial charge < -0.3 is 10.4 Å². The minimum absolute atomic E-state index is 0.172. The van der Waals surface area contributed by atoms with E-state index in [-0.39, 0.29) is 11.0 Å². The van der Waals surface area contributed by atoms with Gasteiger partial charge in [0.15, 0.2) is 0 Å². The lowest BCUT2D eigenvalue weighted by molar-refractivity contribution is -0.143. The Morgan fingerprint density at radius 2 is 1.95 bits per heavy atom. The van der Waals surface area contributed by atoms with Gasteiger partial charge in [-0.2, -0.15) is 13.2 Å². The van der Waals surface area contributed by atoms with Crippen LogP contribution >= 0.6 is 15.9 Å². The average molecular weight is 366 g/mol. The molecular formula is C13H11BrF3NO3. The number of aliphatic carboxylic acids is 1. The molecule has 4 nitrogen and oxygen atoms in total. The fraction of sp³-hybridized carbons (Fsp3) is 0.385. The van der Waals surface area contributed by atoms with Crippen LogP contribution in [0.1, 0.15) is 28.8 Å². The first-order valence-corrected chi connectivity index (χ1v) is 6.83. The van der Waals surface area contributed by atoms with E-state index in [9.17, 15) is 22.8 Å². The van der Waals surface area contributed by atoms with Gasteiger partial charge in [0, 0.05) is 11.0 Å². The van der Waals surface area contributed by atoms with Crippen molar-refractivity contribution in [2.45, 2.75) is 19.0 Å². The Bertz CT molecular complexity index is 597. The number of halogens is 4. The number of carboxylic acids is 1. The second-order valence-corrected chi connectivity index (χ2v) is 5.87. The topological polar surface area (TPSA) is 66.4 Å². The third-order valence-corrected chi connectivity index (χ3v) is 3.92. The fourth-order valence-corrected chi connectivity index (χ4v) is 2.27. The van der Waals surface area contributed by atoms with Crippen molar-refractivity contribution in [2.24, 2.45) is 5.41 Å². The molecule has 1 aliphatic rings. The van der Waals surface area contributed by atoms with E-state index in [0.29, 0.717) is 12.8 Å². The highest BCUT2D eigenvalue weighted by atomic mass is 79.9. The number of carbonyl (C=O) groups is 2. The number of nitrogens with one attached hydrogen (secondary N) is 1. The molecule has 8 heteroatoms. The van der Waals surface area contributed by atoms with Crippen molar-refractivity contribution in [1.29, 1.82) is 0 Å². The van der Waals surface area contributed by atoms with Gasteiger partial charge >= 0.3 is 12.1 Å². The molecule has 1 aromatic carbocycles. The summed E-state index contributed by atoms with van der Waals surface area (Å²) >= 11 is 2.93. The van der Waals surface area contributed by atoms with Crippen LogP contribution in [0.3, 0.4) is 0 Å². The van der Waals surface area contributed by atoms with Crippen LogP contribution in [0, 0.1) is 5.41 Å². The number of amides is 1. The van der Waals surface area contributed by atoms with Crippen LogP contribution in [-0.2, 0) is 11.0 Å². The minimum atomic E-state index is -4.67. The Balaban J connectivity index is 2.18. The highest BCUT2D eigenvalue weighted by molar-refractivity contribution is 9.10. The summed E-state index contributed by atoms with van der Waals surface area (Å²) in [6.45, 7) is -0.172. The average Bonchev–Trinajstić information content (AvgIpc) is 3.16. The van der Waals surface area contributed by atoms with Gasteiger partial charge in [-0.3, -0.25) is 9.59 Å². The SMILES string of the molecule is O=C(NCC1(C(=O)O)CC1)c1ccc(Br)cc1C(F)(F)F. The predicted octanol–water partition coefficient (Wildman–Crippen LogP) is 3.06. The molecule has 0 saturated heterocycles. The summed E-state index contributed by atoms with van der Waals surface area (Å²) < 4.78 is 38.9. The quantitative estimate of drug-likeness (QED) is 0.861. The van der Waals surface area contributed by atoms with Crippen molar-refractivity contribution in [3.8, 4) is 0 Å². The number of benzene rings is 1. The van der Waals surface area contributed by atoms with Crippen LogP contribution in [0.15, 0.2) is 22.7 Å². The van der Waals surface area contributed by atoms with Crippen molar-refractivity contribution in [2.75, 3.05) is 6.54 Å². The molecule has 0 bridgehead atoms. The zero-order valence-electron chi connectivity index (χ0n) is 10.6. The van der Waals surface area contributed by atoms with Crippen molar-refractivity contribution in [3.05, 3.63) is 33.8 Å². The van der Waals surface area contributed by atoms with Crippen molar-refractivity contribution >= 4 is 27.8 Å². The van der Waals surface area contributed by atoms with Gasteiger partial charge in [-0.1, -0.05) is 15.9 Å². The van der Waals surface area contributed by atoms with E-state index in [1.807, 2.05) is 0 Å². The van der Waals surface area contributed by atoms with Crippen LogP contribution in [0.4, 0.5) is 13.2 Å². The van der Waals surface area contributed by atoms with Crippen LogP contribution in [-0.4, -0.2) is 23.5 Å². The molecule has 0 unspecified atom stereocenters. The first kappa shape index (κ1) is 15.8. The second kappa shape index (κ2) is 5.32. The van der Waals surface area contributed by atoms with Gasteiger partial charge in [-0.25, -0.2) is 0 Å². The third-order valence-electron chi connectivity index (χ3n) is 3.43. The highest BCUT2D eigenvalue weighted by Gasteiger charge is 2.50. The molecule has 0 heterocycles. The summed E-state index contributed by atoms with van der Waals surface area (Å²) in [6, 6.07) is 3.20. The van der Waals surface area contributed by atoms with Crippen molar-refractivity contribution in [1.82, 2.24) is 5.32 Å². The molecule has 114 valence electrons. The predicted molar refractivity (Wildman–Crippen MR) is 70.8 cm³/mol. The van der Waals surface area contributed by atoms with E-state index < -0.39 is 34.6 Å². The van der Waals surface area contributed by atoms with Crippen molar-refractivity contribution in [3.63, 3.8) is 0 Å². The van der Waals surface area contributed by atoms with E-state index in [1.165, 1.54) is 6.07 Å². The van der Waals surface area contributed by atoms with Crippen molar-refractivity contribution < 1.29 is 27.9 Å². The molecule has 1 saturated carbocycles. The number of carbonyl (C=O) groups excluding carboxylic acids is 1. The van der Waals surface area contributed by atoms with E-state index in [2.05, 4.69) is 21.2 Å². The molecule has 1 aromatic rings. The lowest BCUT2D eigenvalue weighted by atomic mass is 10.0. The monoisotopic (exact) mass is 365 g/mol. The molecule has 0 aromatic heterocycles. The van der Waals surface area contributed by atoms with E-state index in [1.54, 1.807) is 0 Å². The maximum Gasteiger partial charge on any atom is 0.417 e. The first-order valence-electron chi connectivity index (χ1n) is 6.04. The zero-order chi connectivity index (χ0) is 15.8. The summed E-state index contributed by atoms with van der Waals surface area (Å²) in [5, 5.41) is 11.2. The molecule has 21 heavy (non-hydrogen) atoms. The Labute approximate surface area is 126 Å². The number of hydrogen-bond acceptors (Lipinski definition) is 2. The molecule has 0 spiro atoms. The van der Waals surface area contributed by atoms with Crippen LogP contribution in [0.5, 0.6) is 0 Å². The molecule has 0 aliphatic heterocycles. The van der Waals surface area contributed by atoms with Gasteiger partial charge in [-0.05, 0) is 31.0 Å². The van der Waals surface area contributed by atoms with Crippen LogP contribution in [0.2, 0.25) is 0 Å². The van der Waals surface area contributed by atoms with Crippen LogP contribution in [0.25, 0.3) is 0 Å². The first-order chi connectivity index (χ1) is 9.66. The summed E-state index contributed by atoms with van der Waals surface area (Å²) in [4.78, 5) is 22.9. The maximum absolute atomic E-state index is 12.9. The Morgan fingerprint density at radius 3 is 2.43 bits per heavy atom. The Kier molecular flexibility index (Phi) is 4.01. The second-order valence-electron chi connectivity index (χ2n) is 4.96. The molecule has 1 amide bonds. The lowest BCUT2D eigenvalue weighted by Crippen LogP contribution is -2.35. The highest BCUT2D eigenvalue weighted by Crippen LogP contribution is 2.45. The largest absolute Gasteiger partial charge is 0.481 e. The normalized spacial score (nSPS) is 16.4. The standard InChI is InChI=1S/C13H11BrF3NO3/c14-7-1-2-8(9(5-7)13(15,16)17)10(19)18-6-12(3-4-12)11(20)21/h1-2,5H,3-4,6H2,(H,18,19)(H,20,21). The minimum Gasteiger partial charge on any atom is -0.481 e. The molecule has 2 N–H and O–H groups in total. The molecule has 1 aliphatic carbocycles. The van der Waals surface area contributed by atoms with Gasteiger partial charge in [0.1, 0.15) is 0 Å².